The molecule has 0 radical (unpaired) electrons. The molecule has 1 heterocycles. The fourth-order valence-electron chi connectivity index (χ4n) is 1.96. The Kier molecular flexibility index (Phi) is 6.42. The smallest absolute Gasteiger partial charge is 0.148 e. The largest absolute Gasteiger partial charge is 1.00 e. The van der Waals surface area contributed by atoms with Gasteiger partial charge in [-0.3, -0.25) is 0 Å². The normalized spacial score (nSPS) is 17.6. The van der Waals surface area contributed by atoms with Gasteiger partial charge in [0.1, 0.15) is 30.8 Å². The van der Waals surface area contributed by atoms with Crippen LogP contribution in [0.4, 0.5) is 0 Å². The Balaban J connectivity index is 0.00000162. The fraction of sp³-hybridized carbons (Fsp3) is 0.429. The van der Waals surface area contributed by atoms with Crippen LogP contribution in [-0.4, -0.2) is 25.8 Å². The standard InChI is InChI=1S/C14H17NO2.ClH/c1-2-10-16-13-5-7-14(8-6-13)17-11-12-4-3-9-15-12;/h1,5-8,12,15H,3-4,9-11H2;1H/t12-;/m1./s1. The van der Waals surface area contributed by atoms with E-state index in [9.17, 15) is 0 Å². The number of ether oxygens (including phenoxy) is 2. The molecule has 1 aromatic carbocycles. The van der Waals surface area contributed by atoms with E-state index >= 15 is 0 Å². The Morgan fingerprint density at radius 2 is 1.89 bits per heavy atom. The van der Waals surface area contributed by atoms with Crippen molar-refractivity contribution in [1.82, 2.24) is 0 Å². The number of benzene rings is 1. The topological polar surface area (TPSA) is 35.1 Å². The summed E-state index contributed by atoms with van der Waals surface area (Å²) in [7, 11) is 0. The zero-order valence-corrected chi connectivity index (χ0v) is 11.0. The summed E-state index contributed by atoms with van der Waals surface area (Å²) in [6.07, 6.45) is 7.67. The van der Waals surface area contributed by atoms with Crippen molar-refractivity contribution in [3.05, 3.63) is 24.3 Å². The predicted molar refractivity (Wildman–Crippen MR) is 66.1 cm³/mol. The van der Waals surface area contributed by atoms with Crippen molar-refractivity contribution >= 4 is 0 Å². The Morgan fingerprint density at radius 1 is 1.22 bits per heavy atom. The van der Waals surface area contributed by atoms with E-state index in [2.05, 4.69) is 11.2 Å². The molecule has 1 atom stereocenters. The molecule has 3 nitrogen and oxygen atoms in total. The number of quaternary nitrogens is 1. The molecule has 18 heavy (non-hydrogen) atoms. The highest BCUT2D eigenvalue weighted by molar-refractivity contribution is 5.31. The van der Waals surface area contributed by atoms with Gasteiger partial charge in [-0.15, -0.1) is 6.42 Å². The molecule has 1 aromatic rings. The van der Waals surface area contributed by atoms with Crippen LogP contribution in [0.25, 0.3) is 0 Å². The lowest BCUT2D eigenvalue weighted by atomic mass is 10.2. The van der Waals surface area contributed by atoms with Crippen LogP contribution in [0.1, 0.15) is 12.8 Å². The molecule has 0 aromatic heterocycles. The van der Waals surface area contributed by atoms with Gasteiger partial charge in [-0.05, 0) is 24.3 Å². The van der Waals surface area contributed by atoms with Gasteiger partial charge in [-0.25, -0.2) is 0 Å². The van der Waals surface area contributed by atoms with Crippen molar-refractivity contribution < 1.29 is 27.2 Å². The average Bonchev–Trinajstić information content (AvgIpc) is 2.88. The Labute approximate surface area is 114 Å². The van der Waals surface area contributed by atoms with Gasteiger partial charge < -0.3 is 27.2 Å². The molecular formula is C14H18ClNO2. The van der Waals surface area contributed by atoms with Crippen LogP contribution in [0.3, 0.4) is 0 Å². The molecular weight excluding hydrogens is 250 g/mol. The highest BCUT2D eigenvalue weighted by Crippen LogP contribution is 2.17. The van der Waals surface area contributed by atoms with Crippen molar-refractivity contribution in [3.8, 4) is 23.8 Å². The molecule has 0 bridgehead atoms. The van der Waals surface area contributed by atoms with Crippen LogP contribution in [0.15, 0.2) is 24.3 Å². The third kappa shape index (κ3) is 4.48. The van der Waals surface area contributed by atoms with Crippen molar-refractivity contribution in [1.29, 1.82) is 0 Å². The molecule has 1 saturated heterocycles. The molecule has 0 aliphatic carbocycles. The van der Waals surface area contributed by atoms with Crippen molar-refractivity contribution in [2.75, 3.05) is 19.8 Å². The summed E-state index contributed by atoms with van der Waals surface area (Å²) in [6, 6.07) is 8.21. The predicted octanol–water partition coefficient (Wildman–Crippen LogP) is -2.19. The number of hydrogen-bond acceptors (Lipinski definition) is 2. The van der Waals surface area contributed by atoms with Crippen LogP contribution in [0.5, 0.6) is 11.5 Å². The third-order valence-corrected chi connectivity index (χ3v) is 2.89. The first-order chi connectivity index (χ1) is 8.38. The Bertz CT molecular complexity index is 380. The van der Waals surface area contributed by atoms with Gasteiger partial charge in [0.15, 0.2) is 0 Å². The molecule has 2 rings (SSSR count). The lowest BCUT2D eigenvalue weighted by Crippen LogP contribution is -3.00. The summed E-state index contributed by atoms with van der Waals surface area (Å²) < 4.78 is 11.0. The molecule has 98 valence electrons. The molecule has 0 saturated carbocycles. The first-order valence-corrected chi connectivity index (χ1v) is 6.01. The van der Waals surface area contributed by atoms with Crippen LogP contribution in [-0.2, 0) is 0 Å². The number of terminal acetylenes is 1. The quantitative estimate of drug-likeness (QED) is 0.615. The number of rotatable bonds is 5. The lowest BCUT2D eigenvalue weighted by Gasteiger charge is -2.10. The van der Waals surface area contributed by atoms with Crippen LogP contribution in [0, 0.1) is 12.3 Å². The van der Waals surface area contributed by atoms with Gasteiger partial charge in [0.25, 0.3) is 0 Å². The van der Waals surface area contributed by atoms with Crippen LogP contribution < -0.4 is 27.2 Å². The van der Waals surface area contributed by atoms with E-state index in [1.165, 1.54) is 19.4 Å². The molecule has 1 fully saturated rings. The zero-order chi connectivity index (χ0) is 11.9. The van der Waals surface area contributed by atoms with E-state index in [0.717, 1.165) is 18.1 Å². The second kappa shape index (κ2) is 7.86. The van der Waals surface area contributed by atoms with E-state index in [1.54, 1.807) is 0 Å². The minimum Gasteiger partial charge on any atom is -1.00 e. The van der Waals surface area contributed by atoms with Crippen molar-refractivity contribution in [3.63, 3.8) is 0 Å². The van der Waals surface area contributed by atoms with Gasteiger partial charge >= 0.3 is 0 Å². The van der Waals surface area contributed by atoms with Crippen molar-refractivity contribution in [2.24, 2.45) is 0 Å². The third-order valence-electron chi connectivity index (χ3n) is 2.89. The van der Waals surface area contributed by atoms with Crippen LogP contribution >= 0.6 is 0 Å². The van der Waals surface area contributed by atoms with Gasteiger partial charge in [0.2, 0.25) is 0 Å². The SMILES string of the molecule is C#CCOc1ccc(OC[C@H]2CCC[NH2+]2)cc1.[Cl-]. The molecule has 0 unspecified atom stereocenters. The number of halogens is 1. The maximum absolute atomic E-state index is 5.72. The summed E-state index contributed by atoms with van der Waals surface area (Å²) >= 11 is 0. The average molecular weight is 268 g/mol. The summed E-state index contributed by atoms with van der Waals surface area (Å²) in [5.74, 6) is 4.10. The monoisotopic (exact) mass is 267 g/mol. The van der Waals surface area contributed by atoms with Crippen LogP contribution in [0.2, 0.25) is 0 Å². The highest BCUT2D eigenvalue weighted by atomic mass is 35.5. The first-order valence-electron chi connectivity index (χ1n) is 6.01. The molecule has 1 aliphatic rings. The van der Waals surface area contributed by atoms with Gasteiger partial charge in [-0.2, -0.15) is 0 Å². The van der Waals surface area contributed by atoms with Gasteiger partial charge in [-0.1, -0.05) is 5.92 Å². The number of nitrogens with two attached hydrogens (primary N) is 1. The summed E-state index contributed by atoms with van der Waals surface area (Å²) in [4.78, 5) is 0. The minimum atomic E-state index is 0. The second-order valence-corrected chi connectivity index (χ2v) is 4.20. The summed E-state index contributed by atoms with van der Waals surface area (Å²) in [5.41, 5.74) is 0. The first kappa shape index (κ1) is 14.7. The van der Waals surface area contributed by atoms with E-state index in [4.69, 9.17) is 15.9 Å². The molecule has 2 N–H and O–H groups in total. The molecule has 0 amide bonds. The van der Waals surface area contributed by atoms with E-state index in [-0.39, 0.29) is 12.4 Å². The Morgan fingerprint density at radius 3 is 2.44 bits per heavy atom. The summed E-state index contributed by atoms with van der Waals surface area (Å²) in [6.45, 7) is 2.31. The fourth-order valence-corrected chi connectivity index (χ4v) is 1.96. The van der Waals surface area contributed by atoms with E-state index in [1.807, 2.05) is 24.3 Å². The molecule has 0 spiro atoms. The van der Waals surface area contributed by atoms with E-state index in [0.29, 0.717) is 12.6 Å². The zero-order valence-electron chi connectivity index (χ0n) is 10.3. The maximum Gasteiger partial charge on any atom is 0.148 e. The summed E-state index contributed by atoms with van der Waals surface area (Å²) in [5, 5.41) is 2.35. The highest BCUT2D eigenvalue weighted by Gasteiger charge is 2.18. The van der Waals surface area contributed by atoms with E-state index < -0.39 is 0 Å². The number of hydrogen-bond donors (Lipinski definition) is 1. The van der Waals surface area contributed by atoms with Gasteiger partial charge in [0.05, 0.1) is 6.54 Å². The Hall–Kier alpha value is -1.37. The molecule has 1 aliphatic heterocycles. The van der Waals surface area contributed by atoms with Gasteiger partial charge in [0, 0.05) is 12.8 Å². The van der Waals surface area contributed by atoms with Crippen molar-refractivity contribution in [2.45, 2.75) is 18.9 Å². The maximum atomic E-state index is 5.72. The lowest BCUT2D eigenvalue weighted by molar-refractivity contribution is -0.670. The minimum absolute atomic E-state index is 0. The second-order valence-electron chi connectivity index (χ2n) is 4.20. The molecule has 4 heteroatoms.